The molecule has 6 heteroatoms. The van der Waals surface area contributed by atoms with E-state index in [2.05, 4.69) is 0 Å². The normalized spacial score (nSPS) is 16.1. The molecule has 0 aliphatic carbocycles. The molecule has 0 spiro atoms. The number of rotatable bonds is 5. The van der Waals surface area contributed by atoms with Crippen molar-refractivity contribution >= 4 is 40.3 Å². The van der Waals surface area contributed by atoms with Crippen molar-refractivity contribution in [2.45, 2.75) is 13.8 Å². The number of benzene rings is 3. The highest BCUT2D eigenvalue weighted by Gasteiger charge is 2.35. The largest absolute Gasteiger partial charge is 0.493 e. The Hall–Kier alpha value is -3.51. The van der Waals surface area contributed by atoms with E-state index in [1.807, 2.05) is 86.7 Å². The van der Waals surface area contributed by atoms with Crippen molar-refractivity contribution in [3.8, 4) is 11.5 Å². The monoisotopic (exact) mass is 444 g/mol. The van der Waals surface area contributed by atoms with Crippen molar-refractivity contribution in [3.05, 3.63) is 88.3 Å². The number of aliphatic imine (C=N–C) groups is 1. The van der Waals surface area contributed by atoms with Crippen LogP contribution in [0.3, 0.4) is 0 Å². The fourth-order valence-corrected chi connectivity index (χ4v) is 4.51. The molecule has 1 saturated heterocycles. The van der Waals surface area contributed by atoms with Crippen LogP contribution in [-0.2, 0) is 4.79 Å². The first-order valence-corrected chi connectivity index (χ1v) is 11.0. The van der Waals surface area contributed by atoms with E-state index in [9.17, 15) is 4.79 Å². The summed E-state index contributed by atoms with van der Waals surface area (Å²) in [4.78, 5) is 20.6. The highest BCUT2D eigenvalue weighted by molar-refractivity contribution is 8.19. The lowest BCUT2D eigenvalue weighted by Crippen LogP contribution is -2.28. The van der Waals surface area contributed by atoms with Gasteiger partial charge in [0.15, 0.2) is 16.7 Å². The molecule has 5 nitrogen and oxygen atoms in total. The summed E-state index contributed by atoms with van der Waals surface area (Å²) in [6.07, 6.45) is 1.83. The Kier molecular flexibility index (Phi) is 6.32. The number of methoxy groups -OCH3 is 2. The molecule has 1 fully saturated rings. The zero-order chi connectivity index (χ0) is 22.7. The van der Waals surface area contributed by atoms with Crippen molar-refractivity contribution in [2.75, 3.05) is 19.1 Å². The first-order chi connectivity index (χ1) is 15.5. The van der Waals surface area contributed by atoms with Gasteiger partial charge in [-0.05, 0) is 73.1 Å². The van der Waals surface area contributed by atoms with Crippen molar-refractivity contribution < 1.29 is 14.3 Å². The van der Waals surface area contributed by atoms with Gasteiger partial charge in [0.25, 0.3) is 5.91 Å². The molecule has 32 heavy (non-hydrogen) atoms. The summed E-state index contributed by atoms with van der Waals surface area (Å²) in [6, 6.07) is 21.4. The van der Waals surface area contributed by atoms with Crippen LogP contribution in [0.15, 0.2) is 76.6 Å². The maximum absolute atomic E-state index is 13.5. The van der Waals surface area contributed by atoms with Crippen LogP contribution in [0.25, 0.3) is 6.08 Å². The van der Waals surface area contributed by atoms with Crippen molar-refractivity contribution in [1.82, 2.24) is 0 Å². The van der Waals surface area contributed by atoms with Gasteiger partial charge in [-0.3, -0.25) is 9.69 Å². The van der Waals surface area contributed by atoms with E-state index in [1.165, 1.54) is 11.8 Å². The first kappa shape index (κ1) is 21.7. The second-order valence-corrected chi connectivity index (χ2v) is 8.42. The Balaban J connectivity index is 1.82. The second kappa shape index (κ2) is 9.32. The van der Waals surface area contributed by atoms with Gasteiger partial charge in [-0.25, -0.2) is 4.99 Å². The fraction of sp³-hybridized carbons (Fsp3) is 0.154. The minimum absolute atomic E-state index is 0.128. The van der Waals surface area contributed by atoms with Crippen molar-refractivity contribution in [1.29, 1.82) is 0 Å². The van der Waals surface area contributed by atoms with Gasteiger partial charge in [-0.2, -0.15) is 0 Å². The summed E-state index contributed by atoms with van der Waals surface area (Å²) >= 11 is 1.35. The summed E-state index contributed by atoms with van der Waals surface area (Å²) in [7, 11) is 3.18. The molecule has 1 aliphatic rings. The van der Waals surface area contributed by atoms with E-state index < -0.39 is 0 Å². The lowest BCUT2D eigenvalue weighted by Gasteiger charge is -2.16. The summed E-state index contributed by atoms with van der Waals surface area (Å²) < 4.78 is 10.9. The van der Waals surface area contributed by atoms with Crippen LogP contribution in [0.2, 0.25) is 0 Å². The quantitative estimate of drug-likeness (QED) is 0.444. The predicted octanol–water partition coefficient (Wildman–Crippen LogP) is 6.13. The number of para-hydroxylation sites is 1. The number of hydrogen-bond acceptors (Lipinski definition) is 5. The lowest BCUT2D eigenvalue weighted by atomic mass is 10.1. The van der Waals surface area contributed by atoms with Crippen LogP contribution in [0.1, 0.15) is 16.7 Å². The number of amides is 1. The molecule has 0 N–H and O–H groups in total. The van der Waals surface area contributed by atoms with E-state index in [0.717, 1.165) is 28.1 Å². The molecule has 0 unspecified atom stereocenters. The standard InChI is InChI=1S/C26H24N2O3S/c1-17-8-5-11-20(14-17)27-26-28(21-12-6-9-18(2)15-21)25(29)23(32-26)16-19-10-7-13-22(30-3)24(19)31-4/h5-16H,1-4H3/b23-16-,27-26?. The van der Waals surface area contributed by atoms with E-state index in [4.69, 9.17) is 14.5 Å². The number of carbonyl (C=O) groups excluding carboxylic acids is 1. The number of hydrogen-bond donors (Lipinski definition) is 0. The number of anilines is 1. The average Bonchev–Trinajstić information content (AvgIpc) is 3.08. The van der Waals surface area contributed by atoms with Crippen LogP contribution < -0.4 is 14.4 Å². The Labute approximate surface area is 192 Å². The summed E-state index contributed by atoms with van der Waals surface area (Å²) in [5.74, 6) is 1.07. The SMILES string of the molecule is COc1cccc(/C=C2\SC(=Nc3cccc(C)c3)N(c3cccc(C)c3)C2=O)c1OC. The Morgan fingerprint density at radius 2 is 1.62 bits per heavy atom. The number of nitrogens with zero attached hydrogens (tertiary/aromatic N) is 2. The van der Waals surface area contributed by atoms with Crippen LogP contribution in [-0.4, -0.2) is 25.3 Å². The van der Waals surface area contributed by atoms with E-state index in [0.29, 0.717) is 21.6 Å². The number of ether oxygens (including phenoxy) is 2. The zero-order valence-corrected chi connectivity index (χ0v) is 19.3. The minimum atomic E-state index is -0.128. The highest BCUT2D eigenvalue weighted by Crippen LogP contribution is 2.40. The predicted molar refractivity (Wildman–Crippen MR) is 132 cm³/mol. The van der Waals surface area contributed by atoms with Crippen molar-refractivity contribution in [3.63, 3.8) is 0 Å². The van der Waals surface area contributed by atoms with Gasteiger partial charge in [0.1, 0.15) is 0 Å². The molecule has 1 aliphatic heterocycles. The third kappa shape index (κ3) is 4.41. The molecule has 1 amide bonds. The van der Waals surface area contributed by atoms with Gasteiger partial charge in [0.05, 0.1) is 30.5 Å². The zero-order valence-electron chi connectivity index (χ0n) is 18.5. The fourth-order valence-electron chi connectivity index (χ4n) is 3.52. The molecule has 0 radical (unpaired) electrons. The Morgan fingerprint density at radius 1 is 0.906 bits per heavy atom. The molecule has 162 valence electrons. The number of thioether (sulfide) groups is 1. The molecule has 3 aromatic rings. The minimum Gasteiger partial charge on any atom is -0.493 e. The smallest absolute Gasteiger partial charge is 0.271 e. The second-order valence-electron chi connectivity index (χ2n) is 7.41. The Bertz CT molecular complexity index is 1230. The first-order valence-electron chi connectivity index (χ1n) is 10.2. The van der Waals surface area contributed by atoms with Crippen LogP contribution in [0.5, 0.6) is 11.5 Å². The van der Waals surface area contributed by atoms with Crippen LogP contribution in [0, 0.1) is 13.8 Å². The van der Waals surface area contributed by atoms with Crippen LogP contribution >= 0.6 is 11.8 Å². The van der Waals surface area contributed by atoms with Gasteiger partial charge in [0.2, 0.25) is 0 Å². The van der Waals surface area contributed by atoms with Gasteiger partial charge in [-0.15, -0.1) is 0 Å². The molecule has 4 rings (SSSR count). The Morgan fingerprint density at radius 3 is 2.31 bits per heavy atom. The molecular weight excluding hydrogens is 420 g/mol. The van der Waals surface area contributed by atoms with Gasteiger partial charge < -0.3 is 9.47 Å². The molecule has 0 bridgehead atoms. The molecule has 0 atom stereocenters. The number of amidine groups is 1. The topological polar surface area (TPSA) is 51.1 Å². The maximum atomic E-state index is 13.5. The molecule has 0 saturated carbocycles. The maximum Gasteiger partial charge on any atom is 0.271 e. The molecule has 3 aromatic carbocycles. The van der Waals surface area contributed by atoms with E-state index in [-0.39, 0.29) is 5.91 Å². The van der Waals surface area contributed by atoms with Crippen molar-refractivity contribution in [2.24, 2.45) is 4.99 Å². The third-order valence-corrected chi connectivity index (χ3v) is 5.98. The molecule has 0 aromatic heterocycles. The molecule has 1 heterocycles. The molecular formula is C26H24N2O3S. The summed E-state index contributed by atoms with van der Waals surface area (Å²) in [5.41, 5.74) is 4.54. The highest BCUT2D eigenvalue weighted by atomic mass is 32.2. The van der Waals surface area contributed by atoms with Gasteiger partial charge in [0, 0.05) is 5.56 Å². The summed E-state index contributed by atoms with van der Waals surface area (Å²) in [5, 5.41) is 0.610. The third-order valence-electron chi connectivity index (χ3n) is 5.01. The van der Waals surface area contributed by atoms with Gasteiger partial charge in [-0.1, -0.05) is 36.4 Å². The van der Waals surface area contributed by atoms with E-state index >= 15 is 0 Å². The van der Waals surface area contributed by atoms with Gasteiger partial charge >= 0.3 is 0 Å². The summed E-state index contributed by atoms with van der Waals surface area (Å²) in [6.45, 7) is 4.03. The van der Waals surface area contributed by atoms with Crippen LogP contribution in [0.4, 0.5) is 11.4 Å². The average molecular weight is 445 g/mol. The van der Waals surface area contributed by atoms with E-state index in [1.54, 1.807) is 19.1 Å². The lowest BCUT2D eigenvalue weighted by molar-refractivity contribution is -0.113. The number of aryl methyl sites for hydroxylation is 2. The number of carbonyl (C=O) groups is 1.